The van der Waals surface area contributed by atoms with Gasteiger partial charge in [0.25, 0.3) is 0 Å². The highest BCUT2D eigenvalue weighted by molar-refractivity contribution is 6.31. The lowest BCUT2D eigenvalue weighted by atomic mass is 10.0. The molecule has 0 bridgehead atoms. The molecule has 1 aliphatic rings. The molecule has 4 rings (SSSR count). The molecule has 1 aliphatic heterocycles. The van der Waals surface area contributed by atoms with Crippen molar-refractivity contribution in [3.63, 3.8) is 0 Å². The molecule has 0 atom stereocenters. The number of hydrogen-bond acceptors (Lipinski definition) is 5. The number of fused-ring (bicyclic) bond motifs is 2. The van der Waals surface area contributed by atoms with Crippen molar-refractivity contribution in [2.75, 3.05) is 6.79 Å². The second-order valence-corrected chi connectivity index (χ2v) is 6.50. The van der Waals surface area contributed by atoms with Crippen LogP contribution in [0.25, 0.3) is 11.0 Å². The number of halogens is 1. The van der Waals surface area contributed by atoms with E-state index in [0.29, 0.717) is 27.9 Å². The molecule has 5 nitrogen and oxygen atoms in total. The van der Waals surface area contributed by atoms with E-state index in [1.54, 1.807) is 6.07 Å². The van der Waals surface area contributed by atoms with Crippen molar-refractivity contribution in [3.05, 3.63) is 62.5 Å². The van der Waals surface area contributed by atoms with Crippen LogP contribution in [0.1, 0.15) is 23.6 Å². The largest absolute Gasteiger partial charge is 0.488 e. The Morgan fingerprint density at radius 2 is 1.88 bits per heavy atom. The van der Waals surface area contributed by atoms with Crippen LogP contribution in [0.3, 0.4) is 0 Å². The van der Waals surface area contributed by atoms with Gasteiger partial charge in [0.1, 0.15) is 17.9 Å². The molecule has 0 N–H and O–H groups in total. The van der Waals surface area contributed by atoms with Crippen LogP contribution < -0.4 is 19.8 Å². The Balaban J connectivity index is 1.66. The van der Waals surface area contributed by atoms with Gasteiger partial charge in [-0.05, 0) is 37.1 Å². The van der Waals surface area contributed by atoms with Crippen LogP contribution in [0.2, 0.25) is 5.02 Å². The normalized spacial score (nSPS) is 12.6. The minimum atomic E-state index is -0.353. The average Bonchev–Trinajstić information content (AvgIpc) is 3.08. The first kappa shape index (κ1) is 16.8. The lowest BCUT2D eigenvalue weighted by Crippen LogP contribution is -2.03. The van der Waals surface area contributed by atoms with Crippen molar-refractivity contribution in [1.82, 2.24) is 0 Å². The first-order chi connectivity index (χ1) is 12.6. The van der Waals surface area contributed by atoms with Crippen molar-refractivity contribution in [2.24, 2.45) is 0 Å². The summed E-state index contributed by atoms with van der Waals surface area (Å²) in [5, 5.41) is 1.48. The average molecular weight is 373 g/mol. The molecule has 134 valence electrons. The lowest BCUT2D eigenvalue weighted by molar-refractivity contribution is 0.174. The molecule has 1 aromatic heterocycles. The zero-order valence-corrected chi connectivity index (χ0v) is 15.2. The Bertz CT molecular complexity index is 1050. The third-order valence-electron chi connectivity index (χ3n) is 4.50. The maximum atomic E-state index is 11.8. The SMILES string of the molecule is CCc1cc(=O)oc2c(C)c(OCc3cc4c(cc3Cl)OCO4)ccc12. The second kappa shape index (κ2) is 6.57. The molecular weight excluding hydrogens is 356 g/mol. The van der Waals surface area contributed by atoms with Crippen LogP contribution in [0.4, 0.5) is 0 Å². The molecule has 0 unspecified atom stereocenters. The van der Waals surface area contributed by atoms with Gasteiger partial charge in [-0.1, -0.05) is 18.5 Å². The van der Waals surface area contributed by atoms with E-state index >= 15 is 0 Å². The van der Waals surface area contributed by atoms with Gasteiger partial charge in [-0.2, -0.15) is 0 Å². The highest BCUT2D eigenvalue weighted by Gasteiger charge is 2.17. The van der Waals surface area contributed by atoms with Crippen molar-refractivity contribution in [1.29, 1.82) is 0 Å². The summed E-state index contributed by atoms with van der Waals surface area (Å²) in [5.41, 5.74) is 2.74. The molecule has 0 fully saturated rings. The Hall–Kier alpha value is -2.66. The molecule has 0 spiro atoms. The van der Waals surface area contributed by atoms with Gasteiger partial charge in [-0.3, -0.25) is 0 Å². The van der Waals surface area contributed by atoms with Gasteiger partial charge in [0.2, 0.25) is 6.79 Å². The zero-order valence-electron chi connectivity index (χ0n) is 14.4. The van der Waals surface area contributed by atoms with Gasteiger partial charge in [0, 0.05) is 28.6 Å². The second-order valence-electron chi connectivity index (χ2n) is 6.10. The smallest absolute Gasteiger partial charge is 0.336 e. The van der Waals surface area contributed by atoms with Crippen LogP contribution in [0, 0.1) is 6.92 Å². The van der Waals surface area contributed by atoms with E-state index in [-0.39, 0.29) is 19.0 Å². The van der Waals surface area contributed by atoms with E-state index in [1.807, 2.05) is 32.0 Å². The van der Waals surface area contributed by atoms with Crippen LogP contribution in [0.15, 0.2) is 39.5 Å². The molecule has 2 aromatic carbocycles. The lowest BCUT2D eigenvalue weighted by Gasteiger charge is -2.13. The van der Waals surface area contributed by atoms with Gasteiger partial charge >= 0.3 is 5.63 Å². The van der Waals surface area contributed by atoms with Crippen LogP contribution in [-0.4, -0.2) is 6.79 Å². The summed E-state index contributed by atoms with van der Waals surface area (Å²) in [5.74, 6) is 1.93. The number of hydrogen-bond donors (Lipinski definition) is 0. The fourth-order valence-electron chi connectivity index (χ4n) is 3.08. The number of benzene rings is 2. The molecular formula is C20H17ClO5. The molecule has 0 radical (unpaired) electrons. The number of rotatable bonds is 4. The van der Waals surface area contributed by atoms with Crippen molar-refractivity contribution >= 4 is 22.6 Å². The Kier molecular flexibility index (Phi) is 4.24. The minimum absolute atomic E-state index is 0.193. The summed E-state index contributed by atoms with van der Waals surface area (Å²) in [4.78, 5) is 11.8. The molecule has 0 saturated carbocycles. The predicted octanol–water partition coefficient (Wildman–Crippen LogP) is 4.62. The van der Waals surface area contributed by atoms with E-state index in [2.05, 4.69) is 0 Å². The minimum Gasteiger partial charge on any atom is -0.488 e. The van der Waals surface area contributed by atoms with E-state index in [1.165, 1.54) is 6.07 Å². The maximum Gasteiger partial charge on any atom is 0.336 e. The highest BCUT2D eigenvalue weighted by atomic mass is 35.5. The van der Waals surface area contributed by atoms with Gasteiger partial charge in [0.15, 0.2) is 11.5 Å². The molecule has 3 aromatic rings. The van der Waals surface area contributed by atoms with Gasteiger partial charge in [-0.15, -0.1) is 0 Å². The summed E-state index contributed by atoms with van der Waals surface area (Å²) in [6, 6.07) is 8.88. The Morgan fingerprint density at radius 3 is 2.65 bits per heavy atom. The molecule has 6 heteroatoms. The Morgan fingerprint density at radius 1 is 1.12 bits per heavy atom. The summed E-state index contributed by atoms with van der Waals surface area (Å²) in [6.45, 7) is 4.34. The molecule has 2 heterocycles. The summed E-state index contributed by atoms with van der Waals surface area (Å²) < 4.78 is 22.0. The Labute approximate surface area is 155 Å². The fraction of sp³-hybridized carbons (Fsp3) is 0.250. The van der Waals surface area contributed by atoms with E-state index in [0.717, 1.165) is 28.5 Å². The maximum absolute atomic E-state index is 11.8. The summed E-state index contributed by atoms with van der Waals surface area (Å²) in [7, 11) is 0. The first-order valence-corrected chi connectivity index (χ1v) is 8.71. The molecule has 26 heavy (non-hydrogen) atoms. The highest BCUT2D eigenvalue weighted by Crippen LogP contribution is 2.37. The standard InChI is InChI=1S/C20H17ClO5/c1-3-12-7-19(22)26-20-11(2)16(5-4-14(12)20)23-9-13-6-17-18(8-15(13)21)25-10-24-17/h4-8H,3,9-10H2,1-2H3. The zero-order chi connectivity index (χ0) is 18.3. The van der Waals surface area contributed by atoms with Crippen LogP contribution >= 0.6 is 11.6 Å². The fourth-order valence-corrected chi connectivity index (χ4v) is 3.29. The number of aryl methyl sites for hydroxylation is 2. The van der Waals surface area contributed by atoms with Crippen molar-refractivity contribution < 1.29 is 18.6 Å². The third kappa shape index (κ3) is 2.88. The summed E-state index contributed by atoms with van der Waals surface area (Å²) in [6.07, 6.45) is 0.758. The monoisotopic (exact) mass is 372 g/mol. The molecule has 0 aliphatic carbocycles. The first-order valence-electron chi connectivity index (χ1n) is 8.34. The van der Waals surface area contributed by atoms with E-state index in [9.17, 15) is 4.79 Å². The van der Waals surface area contributed by atoms with Crippen molar-refractivity contribution in [2.45, 2.75) is 26.9 Å². The van der Waals surface area contributed by atoms with Crippen LogP contribution in [0.5, 0.6) is 17.2 Å². The van der Waals surface area contributed by atoms with Crippen LogP contribution in [-0.2, 0) is 13.0 Å². The topological polar surface area (TPSA) is 57.9 Å². The quantitative estimate of drug-likeness (QED) is 0.625. The van der Waals surface area contributed by atoms with Crippen molar-refractivity contribution in [3.8, 4) is 17.2 Å². The predicted molar refractivity (Wildman–Crippen MR) is 98.5 cm³/mol. The molecule has 0 saturated heterocycles. The van der Waals surface area contributed by atoms with E-state index < -0.39 is 0 Å². The van der Waals surface area contributed by atoms with E-state index in [4.69, 9.17) is 30.2 Å². The van der Waals surface area contributed by atoms with Gasteiger partial charge in [0.05, 0.1) is 5.02 Å². The number of ether oxygens (including phenoxy) is 3. The van der Waals surface area contributed by atoms with Gasteiger partial charge in [-0.25, -0.2) is 4.79 Å². The summed E-state index contributed by atoms with van der Waals surface area (Å²) >= 11 is 6.29. The van der Waals surface area contributed by atoms with Gasteiger partial charge < -0.3 is 18.6 Å². The molecule has 0 amide bonds. The third-order valence-corrected chi connectivity index (χ3v) is 4.85.